The van der Waals surface area contributed by atoms with Crippen molar-refractivity contribution in [2.24, 2.45) is 0 Å². The van der Waals surface area contributed by atoms with Crippen molar-refractivity contribution < 1.29 is 23.8 Å². The summed E-state index contributed by atoms with van der Waals surface area (Å²) in [5, 5.41) is 13.6. The predicted molar refractivity (Wildman–Crippen MR) is 66.8 cm³/mol. The summed E-state index contributed by atoms with van der Waals surface area (Å²) in [5.74, 6) is 0.368. The summed E-state index contributed by atoms with van der Waals surface area (Å²) in [7, 11) is 1.52. The van der Waals surface area contributed by atoms with Gasteiger partial charge in [-0.3, -0.25) is 4.79 Å². The third-order valence-corrected chi connectivity index (χ3v) is 2.37. The summed E-state index contributed by atoms with van der Waals surface area (Å²) in [6.45, 7) is 2.14. The van der Waals surface area contributed by atoms with Crippen LogP contribution in [-0.4, -0.2) is 37.4 Å². The molecule has 0 radical (unpaired) electrons. The van der Waals surface area contributed by atoms with Gasteiger partial charge < -0.3 is 24.9 Å². The highest BCUT2D eigenvalue weighted by molar-refractivity contribution is 5.75. The second-order valence-corrected chi connectivity index (χ2v) is 4.00. The highest BCUT2D eigenvalue weighted by Gasteiger charge is 2.17. The van der Waals surface area contributed by atoms with Gasteiger partial charge in [0.05, 0.1) is 13.0 Å². The molecule has 7 nitrogen and oxygen atoms in total. The van der Waals surface area contributed by atoms with Crippen LogP contribution in [-0.2, 0) is 9.53 Å². The van der Waals surface area contributed by atoms with E-state index in [-0.39, 0.29) is 19.6 Å². The first kappa shape index (κ1) is 15.0. The van der Waals surface area contributed by atoms with Crippen molar-refractivity contribution >= 4 is 12.0 Å². The summed E-state index contributed by atoms with van der Waals surface area (Å²) in [6, 6.07) is 2.68. The maximum Gasteiger partial charge on any atom is 0.315 e. The molecule has 0 aliphatic heterocycles. The number of hydrogen-bond acceptors (Lipinski definition) is 4. The van der Waals surface area contributed by atoms with Crippen molar-refractivity contribution in [1.29, 1.82) is 0 Å². The molecule has 7 heteroatoms. The molecule has 1 unspecified atom stereocenters. The molecule has 1 rings (SSSR count). The third-order valence-electron chi connectivity index (χ3n) is 2.37. The number of nitrogens with one attached hydrogen (secondary N) is 2. The number of aliphatic carboxylic acids is 1. The van der Waals surface area contributed by atoms with Crippen LogP contribution in [0.4, 0.5) is 4.79 Å². The van der Waals surface area contributed by atoms with Crippen LogP contribution >= 0.6 is 0 Å². The van der Waals surface area contributed by atoms with Crippen LogP contribution in [0.15, 0.2) is 16.5 Å². The van der Waals surface area contributed by atoms with Gasteiger partial charge in [-0.1, -0.05) is 0 Å². The van der Waals surface area contributed by atoms with Crippen molar-refractivity contribution in [3.8, 4) is 0 Å². The van der Waals surface area contributed by atoms with E-state index in [0.717, 1.165) is 5.76 Å². The van der Waals surface area contributed by atoms with Crippen LogP contribution in [0.25, 0.3) is 0 Å². The molecule has 0 aliphatic rings. The van der Waals surface area contributed by atoms with E-state index >= 15 is 0 Å². The molecule has 0 saturated carbocycles. The minimum absolute atomic E-state index is 0.0675. The molecule has 0 bridgehead atoms. The van der Waals surface area contributed by atoms with Gasteiger partial charge in [-0.15, -0.1) is 0 Å². The second kappa shape index (κ2) is 7.42. The summed E-state index contributed by atoms with van der Waals surface area (Å²) in [6.07, 6.45) is -0.123. The number of furan rings is 1. The monoisotopic (exact) mass is 270 g/mol. The molecule has 3 N–H and O–H groups in total. The van der Waals surface area contributed by atoms with Crippen molar-refractivity contribution in [3.05, 3.63) is 23.7 Å². The molecule has 1 heterocycles. The lowest BCUT2D eigenvalue weighted by Crippen LogP contribution is -2.40. The maximum absolute atomic E-state index is 11.6. The lowest BCUT2D eigenvalue weighted by Gasteiger charge is -2.16. The van der Waals surface area contributed by atoms with Crippen molar-refractivity contribution in [1.82, 2.24) is 10.6 Å². The smallest absolute Gasteiger partial charge is 0.315 e. The number of hydrogen-bond donors (Lipinski definition) is 3. The molecule has 0 aliphatic carbocycles. The Balaban J connectivity index is 2.49. The lowest BCUT2D eigenvalue weighted by molar-refractivity contribution is -0.136. The first-order valence-electron chi connectivity index (χ1n) is 5.84. The summed E-state index contributed by atoms with van der Waals surface area (Å²) >= 11 is 0. The van der Waals surface area contributed by atoms with E-state index in [9.17, 15) is 9.59 Å². The predicted octanol–water partition coefficient (Wildman–Crippen LogP) is 1.05. The molecule has 1 aromatic heterocycles. The van der Waals surface area contributed by atoms with Gasteiger partial charge in [0.25, 0.3) is 0 Å². The van der Waals surface area contributed by atoms with E-state index in [2.05, 4.69) is 10.6 Å². The molecule has 0 fully saturated rings. The van der Waals surface area contributed by atoms with Crippen molar-refractivity contribution in [2.45, 2.75) is 19.4 Å². The van der Waals surface area contributed by atoms with Gasteiger partial charge in [-0.05, 0) is 19.1 Å². The Morgan fingerprint density at radius 3 is 2.74 bits per heavy atom. The fraction of sp³-hybridized carbons (Fsp3) is 0.500. The van der Waals surface area contributed by atoms with Gasteiger partial charge in [0.15, 0.2) is 0 Å². The van der Waals surface area contributed by atoms with Crippen LogP contribution in [0.3, 0.4) is 0 Å². The van der Waals surface area contributed by atoms with Gasteiger partial charge >= 0.3 is 12.0 Å². The summed E-state index contributed by atoms with van der Waals surface area (Å²) in [5.41, 5.74) is 0. The highest BCUT2D eigenvalue weighted by atomic mass is 16.5. The Morgan fingerprint density at radius 1 is 1.47 bits per heavy atom. The molecular weight excluding hydrogens is 252 g/mol. The normalized spacial score (nSPS) is 11.9. The first-order valence-corrected chi connectivity index (χ1v) is 5.84. The van der Waals surface area contributed by atoms with E-state index in [0.29, 0.717) is 5.76 Å². The number of carbonyl (C=O) groups excluding carboxylic acids is 1. The highest BCUT2D eigenvalue weighted by Crippen LogP contribution is 2.16. The van der Waals surface area contributed by atoms with Crippen LogP contribution in [0.5, 0.6) is 0 Å². The van der Waals surface area contributed by atoms with Gasteiger partial charge in [0.1, 0.15) is 17.6 Å². The van der Waals surface area contributed by atoms with Crippen LogP contribution < -0.4 is 10.6 Å². The molecule has 0 aromatic carbocycles. The zero-order valence-electron chi connectivity index (χ0n) is 10.9. The summed E-state index contributed by atoms with van der Waals surface area (Å²) < 4.78 is 10.4. The van der Waals surface area contributed by atoms with Gasteiger partial charge in [-0.25, -0.2) is 4.79 Å². The standard InChI is InChI=1S/C12H18N2O5/c1-8-3-4-10(19-8)9(7-18-2)14-12(17)13-6-5-11(15)16/h3-4,9H,5-7H2,1-2H3,(H,15,16)(H2,13,14,17). The number of urea groups is 1. The van der Waals surface area contributed by atoms with Crippen LogP contribution in [0, 0.1) is 6.92 Å². The van der Waals surface area contributed by atoms with Crippen LogP contribution in [0.1, 0.15) is 24.0 Å². The molecule has 2 amide bonds. The molecule has 1 atom stereocenters. The molecule has 1 aromatic rings. The average molecular weight is 270 g/mol. The third kappa shape index (κ3) is 5.43. The molecule has 0 spiro atoms. The Hall–Kier alpha value is -2.02. The zero-order valence-corrected chi connectivity index (χ0v) is 10.9. The van der Waals surface area contributed by atoms with E-state index in [1.165, 1.54) is 7.11 Å². The average Bonchev–Trinajstić information content (AvgIpc) is 2.75. The SMILES string of the molecule is COCC(NC(=O)NCCC(=O)O)c1ccc(C)o1. The van der Waals surface area contributed by atoms with Gasteiger partial charge in [-0.2, -0.15) is 0 Å². The summed E-state index contributed by atoms with van der Waals surface area (Å²) in [4.78, 5) is 21.9. The van der Waals surface area contributed by atoms with E-state index in [4.69, 9.17) is 14.3 Å². The number of carboxylic acids is 1. The van der Waals surface area contributed by atoms with E-state index < -0.39 is 18.0 Å². The fourth-order valence-corrected chi connectivity index (χ4v) is 1.49. The molecule has 106 valence electrons. The van der Waals surface area contributed by atoms with E-state index in [1.807, 2.05) is 0 Å². The van der Waals surface area contributed by atoms with Gasteiger partial charge in [0.2, 0.25) is 0 Å². The fourth-order valence-electron chi connectivity index (χ4n) is 1.49. The molecular formula is C12H18N2O5. The zero-order chi connectivity index (χ0) is 14.3. The second-order valence-electron chi connectivity index (χ2n) is 4.00. The molecule has 19 heavy (non-hydrogen) atoms. The quantitative estimate of drug-likeness (QED) is 0.687. The minimum Gasteiger partial charge on any atom is -0.481 e. The Bertz CT molecular complexity index is 430. The molecule has 0 saturated heterocycles. The number of ether oxygens (including phenoxy) is 1. The number of rotatable bonds is 7. The van der Waals surface area contributed by atoms with E-state index in [1.54, 1.807) is 19.1 Å². The van der Waals surface area contributed by atoms with Crippen molar-refractivity contribution in [2.75, 3.05) is 20.3 Å². The number of carbonyl (C=O) groups is 2. The Morgan fingerprint density at radius 2 is 2.21 bits per heavy atom. The topological polar surface area (TPSA) is 101 Å². The lowest BCUT2D eigenvalue weighted by atomic mass is 10.2. The number of amides is 2. The maximum atomic E-state index is 11.6. The minimum atomic E-state index is -0.963. The number of methoxy groups -OCH3 is 1. The van der Waals surface area contributed by atoms with Crippen LogP contribution in [0.2, 0.25) is 0 Å². The largest absolute Gasteiger partial charge is 0.481 e. The van der Waals surface area contributed by atoms with Crippen molar-refractivity contribution in [3.63, 3.8) is 0 Å². The Labute approximate surface area is 110 Å². The van der Waals surface area contributed by atoms with Gasteiger partial charge in [0, 0.05) is 13.7 Å². The Kier molecular flexibility index (Phi) is 5.87. The number of carboxylic acid groups (broad SMARTS) is 1. The number of aryl methyl sites for hydroxylation is 1. The first-order chi connectivity index (χ1) is 9.02.